The van der Waals surface area contributed by atoms with Gasteiger partial charge in [-0.05, 0) is 64.7 Å². The van der Waals surface area contributed by atoms with Gasteiger partial charge in [-0.15, -0.1) is 10.2 Å². The number of nitrogens with one attached hydrogen (secondary N) is 2. The van der Waals surface area contributed by atoms with Gasteiger partial charge in [-0.2, -0.15) is 9.59 Å². The number of tetrazole rings is 1. The largest absolute Gasteiger partial charge is 0.363 e. The second-order valence-electron chi connectivity index (χ2n) is 9.44. The van der Waals surface area contributed by atoms with E-state index in [1.807, 2.05) is 63.4 Å². The molecule has 0 aromatic carbocycles. The van der Waals surface area contributed by atoms with Crippen LogP contribution >= 0.6 is 23.1 Å². The van der Waals surface area contributed by atoms with Gasteiger partial charge in [-0.25, -0.2) is 20.0 Å². The van der Waals surface area contributed by atoms with E-state index >= 15 is 0 Å². The first-order valence-electron chi connectivity index (χ1n) is 13.2. The molecule has 17 heteroatoms. The van der Waals surface area contributed by atoms with Crippen molar-refractivity contribution in [2.45, 2.75) is 11.5 Å². The van der Waals surface area contributed by atoms with Gasteiger partial charge in [0.25, 0.3) is 5.95 Å². The third-order valence-corrected chi connectivity index (χ3v) is 8.28. The number of hydrazine groups is 1. The third kappa shape index (κ3) is 3.97. The van der Waals surface area contributed by atoms with Crippen LogP contribution in [0.25, 0.3) is 11.3 Å². The Labute approximate surface area is 256 Å². The average Bonchev–Trinajstić information content (AvgIpc) is 3.93. The lowest BCUT2D eigenvalue weighted by molar-refractivity contribution is 0.390. The molecule has 1 aliphatic heterocycles. The Hall–Kier alpha value is -5.81. The van der Waals surface area contributed by atoms with E-state index in [1.165, 1.54) is 23.1 Å². The number of rotatable bonds is 7. The van der Waals surface area contributed by atoms with Crippen LogP contribution in [0.1, 0.15) is 34.5 Å². The van der Waals surface area contributed by atoms with E-state index in [2.05, 4.69) is 40.2 Å². The minimum Gasteiger partial charge on any atom is -0.363 e. The Bertz CT molecular complexity index is 1970. The van der Waals surface area contributed by atoms with Gasteiger partial charge in [0, 0.05) is 53.5 Å². The van der Waals surface area contributed by atoms with Crippen LogP contribution in [0.5, 0.6) is 0 Å². The summed E-state index contributed by atoms with van der Waals surface area (Å²) in [6.07, 6.45) is 12.1. The Morgan fingerprint density at radius 1 is 0.841 bits per heavy atom. The van der Waals surface area contributed by atoms with Crippen molar-refractivity contribution < 1.29 is 0 Å². The van der Waals surface area contributed by atoms with Gasteiger partial charge in [-0.1, -0.05) is 15.7 Å². The molecule has 7 aromatic heterocycles. The van der Waals surface area contributed by atoms with E-state index in [9.17, 15) is 0 Å². The standard InChI is InChI=1S/C27H19N15S2/c1-2-8-29-17(5-1)22-23(25-32-10-4-11-33-25)27(19-6-3-9-30-19,20-15-28-12-13-31-20)42(21-7-14-43-37-21)41(26-35-38-39-36-26)24(22)18-16-44-40-34-18/h1-16,23,30H,(H,35,36,38,39). The zero-order chi connectivity index (χ0) is 29.3. The van der Waals surface area contributed by atoms with E-state index < -0.39 is 11.5 Å². The van der Waals surface area contributed by atoms with Crippen LogP contribution in [-0.2, 0) is 5.54 Å². The molecule has 2 atom stereocenters. The molecule has 0 fully saturated rings. The smallest absolute Gasteiger partial charge is 0.289 e. The van der Waals surface area contributed by atoms with Gasteiger partial charge in [0.1, 0.15) is 17.2 Å². The maximum atomic E-state index is 4.93. The van der Waals surface area contributed by atoms with Gasteiger partial charge in [0.2, 0.25) is 0 Å². The van der Waals surface area contributed by atoms with Crippen molar-refractivity contribution in [3.8, 4) is 0 Å². The zero-order valence-corrected chi connectivity index (χ0v) is 24.1. The Balaban J connectivity index is 1.63. The molecule has 8 heterocycles. The fourth-order valence-corrected chi connectivity index (χ4v) is 6.61. The van der Waals surface area contributed by atoms with Crippen molar-refractivity contribution in [3.63, 3.8) is 0 Å². The van der Waals surface area contributed by atoms with Crippen LogP contribution in [0.15, 0.2) is 96.6 Å². The van der Waals surface area contributed by atoms with E-state index in [0.29, 0.717) is 34.4 Å². The summed E-state index contributed by atoms with van der Waals surface area (Å²) < 4.78 is 9.06. The molecule has 0 saturated carbocycles. The topological polar surface area (TPSA) is 180 Å². The number of aromatic nitrogens is 13. The Morgan fingerprint density at radius 2 is 1.77 bits per heavy atom. The highest BCUT2D eigenvalue weighted by atomic mass is 32.1. The molecule has 1 aliphatic rings. The van der Waals surface area contributed by atoms with Crippen LogP contribution in [0, 0.1) is 0 Å². The molecule has 0 aliphatic carbocycles. The molecule has 0 amide bonds. The minimum absolute atomic E-state index is 0.224. The van der Waals surface area contributed by atoms with Crippen LogP contribution in [0.4, 0.5) is 11.8 Å². The number of nitrogens with zero attached hydrogens (tertiary/aromatic N) is 13. The van der Waals surface area contributed by atoms with Crippen LogP contribution in [0.2, 0.25) is 0 Å². The number of H-pyrrole nitrogens is 2. The number of aromatic amines is 2. The fraction of sp³-hybridized carbons (Fsp3) is 0.0741. The predicted molar refractivity (Wildman–Crippen MR) is 161 cm³/mol. The highest BCUT2D eigenvalue weighted by Crippen LogP contribution is 2.59. The molecule has 214 valence electrons. The average molecular weight is 618 g/mol. The van der Waals surface area contributed by atoms with Gasteiger partial charge >= 0.3 is 0 Å². The lowest BCUT2D eigenvalue weighted by atomic mass is 9.69. The molecule has 0 radical (unpaired) electrons. The molecule has 0 saturated heterocycles. The van der Waals surface area contributed by atoms with Gasteiger partial charge in [-0.3, -0.25) is 15.0 Å². The predicted octanol–water partition coefficient (Wildman–Crippen LogP) is 3.35. The molecule has 2 unspecified atom stereocenters. The highest BCUT2D eigenvalue weighted by Gasteiger charge is 2.61. The van der Waals surface area contributed by atoms with Crippen molar-refractivity contribution >= 4 is 46.1 Å². The molecule has 0 spiro atoms. The summed E-state index contributed by atoms with van der Waals surface area (Å²) in [6.45, 7) is 0. The van der Waals surface area contributed by atoms with Gasteiger partial charge < -0.3 is 4.98 Å². The van der Waals surface area contributed by atoms with E-state index in [4.69, 9.17) is 24.3 Å². The number of hydrogen-bond acceptors (Lipinski definition) is 15. The summed E-state index contributed by atoms with van der Waals surface area (Å²) in [5.74, 6) is 0.612. The first-order chi connectivity index (χ1) is 21.9. The van der Waals surface area contributed by atoms with Gasteiger partial charge in [0.15, 0.2) is 11.4 Å². The summed E-state index contributed by atoms with van der Waals surface area (Å²) in [6, 6.07) is 13.3. The van der Waals surface area contributed by atoms with Crippen molar-refractivity contribution in [2.75, 3.05) is 10.0 Å². The number of anilines is 2. The lowest BCUT2D eigenvalue weighted by Crippen LogP contribution is -2.63. The second kappa shape index (κ2) is 10.8. The van der Waals surface area contributed by atoms with Crippen molar-refractivity contribution in [1.82, 2.24) is 64.5 Å². The molecule has 0 bridgehead atoms. The number of pyridine rings is 1. The van der Waals surface area contributed by atoms with E-state index in [-0.39, 0.29) is 5.95 Å². The summed E-state index contributed by atoms with van der Waals surface area (Å²) in [7, 11) is 0. The normalized spacial score (nSPS) is 18.6. The molecule has 44 heavy (non-hydrogen) atoms. The zero-order valence-electron chi connectivity index (χ0n) is 22.4. The van der Waals surface area contributed by atoms with Crippen LogP contribution < -0.4 is 10.0 Å². The first kappa shape index (κ1) is 25.9. The van der Waals surface area contributed by atoms with Gasteiger partial charge in [0.05, 0.1) is 29.2 Å². The summed E-state index contributed by atoms with van der Waals surface area (Å²) in [4.78, 5) is 27.5. The van der Waals surface area contributed by atoms with Crippen molar-refractivity contribution in [2.24, 2.45) is 0 Å². The molecule has 15 nitrogen and oxygen atoms in total. The van der Waals surface area contributed by atoms with Crippen LogP contribution in [0.3, 0.4) is 0 Å². The molecule has 8 rings (SSSR count). The molecule has 2 N–H and O–H groups in total. The highest BCUT2D eigenvalue weighted by molar-refractivity contribution is 7.04. The van der Waals surface area contributed by atoms with E-state index in [1.54, 1.807) is 43.2 Å². The third-order valence-electron chi connectivity index (χ3n) is 7.22. The maximum absolute atomic E-state index is 4.93. The van der Waals surface area contributed by atoms with Crippen molar-refractivity contribution in [3.05, 3.63) is 125 Å². The van der Waals surface area contributed by atoms with Crippen molar-refractivity contribution in [1.29, 1.82) is 0 Å². The monoisotopic (exact) mass is 617 g/mol. The summed E-state index contributed by atoms with van der Waals surface area (Å²) in [5.41, 5.74) is 2.58. The minimum atomic E-state index is -1.27. The molecule has 7 aromatic rings. The second-order valence-corrected chi connectivity index (χ2v) is 10.7. The fourth-order valence-electron chi connectivity index (χ4n) is 5.68. The number of hydrogen-bond donors (Lipinski definition) is 2. The molecular formula is C27H19N15S2. The summed E-state index contributed by atoms with van der Waals surface area (Å²) in [5, 5.41) is 27.6. The maximum Gasteiger partial charge on any atom is 0.289 e. The SMILES string of the molecule is c1ccc(C2=C(c3csnn3)N(c3nn[nH]n3)N(c3ccsn3)C(c3cnccn3)(c3ccc[nH]3)C2c2ncccn2)nc1. The molecular weight excluding hydrogens is 599 g/mol. The van der Waals surface area contributed by atoms with E-state index in [0.717, 1.165) is 11.3 Å². The quantitative estimate of drug-likeness (QED) is 0.266. The first-order valence-corrected chi connectivity index (χ1v) is 14.9. The summed E-state index contributed by atoms with van der Waals surface area (Å²) >= 11 is 2.53. The van der Waals surface area contributed by atoms with Crippen LogP contribution in [-0.4, -0.2) is 64.5 Å². The lowest BCUT2D eigenvalue weighted by Gasteiger charge is -2.55. The Morgan fingerprint density at radius 3 is 2.45 bits per heavy atom. The Kier molecular flexibility index (Phi) is 6.34.